The summed E-state index contributed by atoms with van der Waals surface area (Å²) in [6, 6.07) is 1.68. The summed E-state index contributed by atoms with van der Waals surface area (Å²) in [4.78, 5) is 18.3. The Kier molecular flexibility index (Phi) is 1.78. The van der Waals surface area contributed by atoms with E-state index in [1.807, 2.05) is 0 Å². The lowest BCUT2D eigenvalue weighted by atomic mass is 10.5. The van der Waals surface area contributed by atoms with Crippen molar-refractivity contribution in [2.75, 3.05) is 0 Å². The first-order valence-electron chi connectivity index (χ1n) is 3.17. The fourth-order valence-electron chi connectivity index (χ4n) is 0.871. The van der Waals surface area contributed by atoms with Crippen LogP contribution < -0.4 is 0 Å². The third kappa shape index (κ3) is 1.09. The van der Waals surface area contributed by atoms with Crippen LogP contribution in [0.25, 0.3) is 10.3 Å². The Balaban J connectivity index is 2.82. The van der Waals surface area contributed by atoms with E-state index in [4.69, 9.17) is 11.6 Å². The van der Waals surface area contributed by atoms with Gasteiger partial charge in [0.2, 0.25) is 0 Å². The van der Waals surface area contributed by atoms with Gasteiger partial charge in [0.25, 0.3) is 0 Å². The molecule has 0 radical (unpaired) electrons. The number of aromatic nitrogens is 2. The fraction of sp³-hybridized carbons (Fsp3) is 0. The number of halogens is 1. The van der Waals surface area contributed by atoms with E-state index in [0.29, 0.717) is 22.0 Å². The smallest absolute Gasteiger partial charge is 0.178 e. The standard InChI is InChI=1S/C7H3ClN2OS/c8-4-1-2-9-7-6(4)12-5(3-11)10-7/h1-3H. The van der Waals surface area contributed by atoms with Gasteiger partial charge in [-0.05, 0) is 6.07 Å². The van der Waals surface area contributed by atoms with Crippen LogP contribution in [0.1, 0.15) is 9.80 Å². The van der Waals surface area contributed by atoms with Gasteiger partial charge in [-0.3, -0.25) is 4.79 Å². The van der Waals surface area contributed by atoms with E-state index in [9.17, 15) is 4.79 Å². The normalized spacial score (nSPS) is 10.4. The van der Waals surface area contributed by atoms with Crippen molar-refractivity contribution in [1.82, 2.24) is 9.97 Å². The van der Waals surface area contributed by atoms with Crippen LogP contribution in [0, 0.1) is 0 Å². The van der Waals surface area contributed by atoms with E-state index in [0.717, 1.165) is 4.70 Å². The summed E-state index contributed by atoms with van der Waals surface area (Å²) in [5, 5.41) is 0.996. The number of pyridine rings is 1. The van der Waals surface area contributed by atoms with Gasteiger partial charge >= 0.3 is 0 Å². The van der Waals surface area contributed by atoms with Crippen LogP contribution in [-0.2, 0) is 0 Å². The van der Waals surface area contributed by atoms with Gasteiger partial charge in [-0.15, -0.1) is 11.3 Å². The summed E-state index contributed by atoms with van der Waals surface area (Å²) < 4.78 is 0.765. The molecule has 2 aromatic heterocycles. The third-order valence-electron chi connectivity index (χ3n) is 1.36. The first-order valence-corrected chi connectivity index (χ1v) is 4.37. The average molecular weight is 199 g/mol. The molecule has 0 spiro atoms. The molecule has 0 N–H and O–H groups in total. The molecule has 0 aromatic carbocycles. The predicted octanol–water partition coefficient (Wildman–Crippen LogP) is 2.16. The fourth-order valence-corrected chi connectivity index (χ4v) is 1.87. The maximum atomic E-state index is 10.4. The van der Waals surface area contributed by atoms with Gasteiger partial charge < -0.3 is 0 Å². The molecule has 0 atom stereocenters. The minimum atomic E-state index is 0.408. The van der Waals surface area contributed by atoms with Crippen LogP contribution in [0.15, 0.2) is 12.3 Å². The van der Waals surface area contributed by atoms with Gasteiger partial charge in [0.15, 0.2) is 16.9 Å². The second-order valence-electron chi connectivity index (χ2n) is 2.12. The molecule has 5 heteroatoms. The minimum absolute atomic E-state index is 0.408. The molecule has 2 aromatic rings. The van der Waals surface area contributed by atoms with Gasteiger partial charge in [-0.25, -0.2) is 9.97 Å². The van der Waals surface area contributed by atoms with Crippen molar-refractivity contribution in [1.29, 1.82) is 0 Å². The highest BCUT2D eigenvalue weighted by atomic mass is 35.5. The van der Waals surface area contributed by atoms with Crippen LogP contribution >= 0.6 is 22.9 Å². The Morgan fingerprint density at radius 2 is 2.42 bits per heavy atom. The second-order valence-corrected chi connectivity index (χ2v) is 3.55. The molecular formula is C7H3ClN2OS. The van der Waals surface area contributed by atoms with Crippen LogP contribution in [0.4, 0.5) is 0 Å². The maximum absolute atomic E-state index is 10.4. The molecule has 0 unspecified atom stereocenters. The number of rotatable bonds is 1. The lowest BCUT2D eigenvalue weighted by molar-refractivity contribution is 0.112. The summed E-state index contributed by atoms with van der Waals surface area (Å²) in [5.41, 5.74) is 0.537. The first kappa shape index (κ1) is 7.64. The number of fused-ring (bicyclic) bond motifs is 1. The van der Waals surface area contributed by atoms with Crippen molar-refractivity contribution in [3.05, 3.63) is 22.3 Å². The van der Waals surface area contributed by atoms with Crippen molar-refractivity contribution in [3.8, 4) is 0 Å². The molecule has 3 nitrogen and oxygen atoms in total. The summed E-state index contributed by atoms with van der Waals surface area (Å²) >= 11 is 7.09. The topological polar surface area (TPSA) is 42.9 Å². The maximum Gasteiger partial charge on any atom is 0.178 e. The Labute approximate surface area is 77.0 Å². The van der Waals surface area contributed by atoms with Crippen molar-refractivity contribution < 1.29 is 4.79 Å². The van der Waals surface area contributed by atoms with E-state index in [1.54, 1.807) is 12.3 Å². The molecule has 2 heterocycles. The Morgan fingerprint density at radius 1 is 1.58 bits per heavy atom. The zero-order valence-corrected chi connectivity index (χ0v) is 7.39. The van der Waals surface area contributed by atoms with Crippen molar-refractivity contribution in [2.24, 2.45) is 0 Å². The number of nitrogens with zero attached hydrogens (tertiary/aromatic N) is 2. The first-order chi connectivity index (χ1) is 5.81. The lowest BCUT2D eigenvalue weighted by Gasteiger charge is -1.86. The number of aldehydes is 1. The molecular weight excluding hydrogens is 196 g/mol. The number of thiazole rings is 1. The monoisotopic (exact) mass is 198 g/mol. The molecule has 0 aliphatic heterocycles. The number of hydrogen-bond acceptors (Lipinski definition) is 4. The molecule has 0 bridgehead atoms. The Hall–Kier alpha value is -1.000. The SMILES string of the molecule is O=Cc1nc2nccc(Cl)c2s1. The summed E-state index contributed by atoms with van der Waals surface area (Å²) in [6.45, 7) is 0. The van der Waals surface area contributed by atoms with Gasteiger partial charge in [-0.2, -0.15) is 0 Å². The molecule has 0 saturated carbocycles. The largest absolute Gasteiger partial charge is 0.295 e. The van der Waals surface area contributed by atoms with E-state index in [2.05, 4.69) is 9.97 Å². The summed E-state index contributed by atoms with van der Waals surface area (Å²) in [6.07, 6.45) is 2.27. The minimum Gasteiger partial charge on any atom is -0.295 e. The highest BCUT2D eigenvalue weighted by Crippen LogP contribution is 2.26. The highest BCUT2D eigenvalue weighted by molar-refractivity contribution is 7.20. The van der Waals surface area contributed by atoms with Crippen LogP contribution in [0.2, 0.25) is 5.02 Å². The van der Waals surface area contributed by atoms with Gasteiger partial charge in [0, 0.05) is 6.20 Å². The van der Waals surface area contributed by atoms with E-state index < -0.39 is 0 Å². The second kappa shape index (κ2) is 2.80. The Morgan fingerprint density at radius 3 is 3.08 bits per heavy atom. The molecule has 0 saturated heterocycles. The predicted molar refractivity (Wildman–Crippen MR) is 47.8 cm³/mol. The van der Waals surface area contributed by atoms with Gasteiger partial charge in [0.05, 0.1) is 9.72 Å². The Bertz CT molecular complexity index is 440. The lowest BCUT2D eigenvalue weighted by Crippen LogP contribution is -1.76. The summed E-state index contributed by atoms with van der Waals surface area (Å²) in [7, 11) is 0. The quantitative estimate of drug-likeness (QED) is 0.660. The van der Waals surface area contributed by atoms with Gasteiger partial charge in [0.1, 0.15) is 0 Å². The van der Waals surface area contributed by atoms with E-state index >= 15 is 0 Å². The van der Waals surface area contributed by atoms with E-state index in [1.165, 1.54) is 11.3 Å². The number of carbonyl (C=O) groups excluding carboxylic acids is 1. The molecule has 0 aliphatic carbocycles. The summed E-state index contributed by atoms with van der Waals surface area (Å²) in [5.74, 6) is 0. The van der Waals surface area contributed by atoms with Crippen molar-refractivity contribution in [3.63, 3.8) is 0 Å². The van der Waals surface area contributed by atoms with Crippen molar-refractivity contribution >= 4 is 39.6 Å². The van der Waals surface area contributed by atoms with Crippen molar-refractivity contribution in [2.45, 2.75) is 0 Å². The van der Waals surface area contributed by atoms with Crippen LogP contribution in [0.3, 0.4) is 0 Å². The van der Waals surface area contributed by atoms with E-state index in [-0.39, 0.29) is 0 Å². The van der Waals surface area contributed by atoms with Crippen LogP contribution in [0.5, 0.6) is 0 Å². The molecule has 12 heavy (non-hydrogen) atoms. The average Bonchev–Trinajstić information content (AvgIpc) is 2.49. The molecule has 0 fully saturated rings. The highest BCUT2D eigenvalue weighted by Gasteiger charge is 2.05. The molecule has 0 aliphatic rings. The zero-order valence-electron chi connectivity index (χ0n) is 5.82. The van der Waals surface area contributed by atoms with Crippen LogP contribution in [-0.4, -0.2) is 16.3 Å². The molecule has 2 rings (SSSR count). The zero-order chi connectivity index (χ0) is 8.55. The molecule has 60 valence electrons. The van der Waals surface area contributed by atoms with Gasteiger partial charge in [-0.1, -0.05) is 11.6 Å². The molecule has 0 amide bonds. The number of carbonyl (C=O) groups is 1. The third-order valence-corrected chi connectivity index (χ3v) is 2.79. The number of hydrogen-bond donors (Lipinski definition) is 0.